The molecule has 182 valence electrons. The minimum Gasteiger partial charge on any atom is -0.461 e. The Hall–Kier alpha value is -2.73. The van der Waals surface area contributed by atoms with Crippen LogP contribution in [0.5, 0.6) is 0 Å². The van der Waals surface area contributed by atoms with E-state index in [1.54, 1.807) is 6.92 Å². The number of amides is 1. The van der Waals surface area contributed by atoms with E-state index in [2.05, 4.69) is 20.1 Å². The average molecular weight is 495 g/mol. The van der Waals surface area contributed by atoms with Gasteiger partial charge in [0.2, 0.25) is 0 Å². The summed E-state index contributed by atoms with van der Waals surface area (Å²) in [5.41, 5.74) is 0.552. The van der Waals surface area contributed by atoms with Crippen LogP contribution in [0.2, 0.25) is 0 Å². The molecule has 0 unspecified atom stereocenters. The number of furan rings is 1. The van der Waals surface area contributed by atoms with E-state index >= 15 is 0 Å². The number of aromatic nitrogens is 1. The lowest BCUT2D eigenvalue weighted by Gasteiger charge is -2.33. The van der Waals surface area contributed by atoms with Gasteiger partial charge in [0, 0.05) is 50.2 Å². The standard InChI is InChI=1S/C23H25F3N4O3S/c1-15-19(12-20(33-15)16-3-2-4-17(11-16)23(24,25)26)21(32)28-22-27-18(14-34-22)13-30-7-5-29(6-8-30)9-10-31/h2-4,11-12,14,31H,5-10,13H2,1H3,(H,27,28,32). The van der Waals surface area contributed by atoms with Crippen LogP contribution in [0.15, 0.2) is 40.1 Å². The summed E-state index contributed by atoms with van der Waals surface area (Å²) < 4.78 is 44.7. The van der Waals surface area contributed by atoms with E-state index in [-0.39, 0.29) is 23.5 Å². The average Bonchev–Trinajstić information content (AvgIpc) is 3.41. The lowest BCUT2D eigenvalue weighted by Crippen LogP contribution is -2.46. The third-order valence-corrected chi connectivity index (χ3v) is 6.48. The fourth-order valence-corrected chi connectivity index (χ4v) is 4.54. The predicted molar refractivity (Wildman–Crippen MR) is 123 cm³/mol. The zero-order valence-electron chi connectivity index (χ0n) is 18.6. The molecule has 34 heavy (non-hydrogen) atoms. The molecule has 0 atom stereocenters. The molecule has 1 aliphatic heterocycles. The minimum atomic E-state index is -4.46. The summed E-state index contributed by atoms with van der Waals surface area (Å²) in [5.74, 6) is 0.0642. The second-order valence-corrected chi connectivity index (χ2v) is 8.96. The van der Waals surface area contributed by atoms with Crippen LogP contribution in [0.1, 0.15) is 27.4 Å². The molecule has 3 aromatic rings. The zero-order valence-corrected chi connectivity index (χ0v) is 19.4. The molecule has 1 aliphatic rings. The van der Waals surface area contributed by atoms with Gasteiger partial charge in [0.15, 0.2) is 5.13 Å². The van der Waals surface area contributed by atoms with Gasteiger partial charge < -0.3 is 9.52 Å². The number of thiazole rings is 1. The van der Waals surface area contributed by atoms with Crippen molar-refractivity contribution in [2.45, 2.75) is 19.6 Å². The Kier molecular flexibility index (Phi) is 7.36. The highest BCUT2D eigenvalue weighted by molar-refractivity contribution is 7.14. The molecule has 11 heteroatoms. The van der Waals surface area contributed by atoms with Crippen LogP contribution in [-0.4, -0.2) is 65.1 Å². The quantitative estimate of drug-likeness (QED) is 0.515. The molecule has 0 saturated carbocycles. The second-order valence-electron chi connectivity index (χ2n) is 8.10. The smallest absolute Gasteiger partial charge is 0.416 e. The van der Waals surface area contributed by atoms with Crippen molar-refractivity contribution in [3.63, 3.8) is 0 Å². The topological polar surface area (TPSA) is 81.8 Å². The van der Waals surface area contributed by atoms with Crippen molar-refractivity contribution in [1.82, 2.24) is 14.8 Å². The molecule has 0 aliphatic carbocycles. The number of piperazine rings is 1. The Labute approximate surface area is 198 Å². The number of aryl methyl sites for hydroxylation is 1. The summed E-state index contributed by atoms with van der Waals surface area (Å²) in [7, 11) is 0. The molecule has 0 radical (unpaired) electrons. The van der Waals surface area contributed by atoms with Crippen molar-refractivity contribution in [3.05, 3.63) is 58.3 Å². The molecule has 1 amide bonds. The monoisotopic (exact) mass is 494 g/mol. The Morgan fingerprint density at radius 3 is 2.65 bits per heavy atom. The van der Waals surface area contributed by atoms with Gasteiger partial charge in [-0.25, -0.2) is 4.98 Å². The second kappa shape index (κ2) is 10.3. The molecule has 1 fully saturated rings. The van der Waals surface area contributed by atoms with Gasteiger partial charge >= 0.3 is 6.18 Å². The molecule has 1 aromatic carbocycles. The normalized spacial score (nSPS) is 15.6. The number of aliphatic hydroxyl groups is 1. The highest BCUT2D eigenvalue weighted by Gasteiger charge is 2.31. The molecule has 2 N–H and O–H groups in total. The Balaban J connectivity index is 1.39. The van der Waals surface area contributed by atoms with Gasteiger partial charge in [-0.1, -0.05) is 12.1 Å². The number of anilines is 1. The lowest BCUT2D eigenvalue weighted by atomic mass is 10.1. The maximum absolute atomic E-state index is 13.0. The molecule has 7 nitrogen and oxygen atoms in total. The molecular weight excluding hydrogens is 469 g/mol. The third kappa shape index (κ3) is 5.84. The number of hydrogen-bond acceptors (Lipinski definition) is 7. The summed E-state index contributed by atoms with van der Waals surface area (Å²) in [6.07, 6.45) is -4.46. The number of hydrogen-bond donors (Lipinski definition) is 2. The zero-order chi connectivity index (χ0) is 24.3. The first-order valence-corrected chi connectivity index (χ1v) is 11.7. The first-order chi connectivity index (χ1) is 16.2. The highest BCUT2D eigenvalue weighted by atomic mass is 32.1. The number of nitrogens with zero attached hydrogens (tertiary/aromatic N) is 3. The number of carbonyl (C=O) groups excluding carboxylic acids is 1. The number of benzene rings is 1. The van der Waals surface area contributed by atoms with E-state index < -0.39 is 17.6 Å². The van der Waals surface area contributed by atoms with Crippen LogP contribution in [0.3, 0.4) is 0 Å². The number of alkyl halides is 3. The Morgan fingerprint density at radius 1 is 1.21 bits per heavy atom. The van der Waals surface area contributed by atoms with Crippen LogP contribution in [0, 0.1) is 6.92 Å². The third-order valence-electron chi connectivity index (χ3n) is 5.68. The van der Waals surface area contributed by atoms with Crippen LogP contribution < -0.4 is 5.32 Å². The summed E-state index contributed by atoms with van der Waals surface area (Å²) in [5, 5.41) is 14.1. The first-order valence-electron chi connectivity index (χ1n) is 10.8. The SMILES string of the molecule is Cc1oc(-c2cccc(C(F)(F)F)c2)cc1C(=O)Nc1nc(CN2CCN(CCO)CC2)cs1. The van der Waals surface area contributed by atoms with Gasteiger partial charge in [-0.3, -0.25) is 19.9 Å². The first kappa shape index (κ1) is 24.4. The van der Waals surface area contributed by atoms with E-state index in [1.165, 1.54) is 29.5 Å². The number of halogens is 3. The van der Waals surface area contributed by atoms with Gasteiger partial charge in [-0.15, -0.1) is 11.3 Å². The van der Waals surface area contributed by atoms with E-state index in [4.69, 9.17) is 9.52 Å². The molecule has 3 heterocycles. The maximum atomic E-state index is 13.0. The maximum Gasteiger partial charge on any atom is 0.416 e. The van der Waals surface area contributed by atoms with Crippen molar-refractivity contribution in [2.75, 3.05) is 44.6 Å². The van der Waals surface area contributed by atoms with Crippen molar-refractivity contribution in [3.8, 4) is 11.3 Å². The predicted octanol–water partition coefficient (Wildman–Crippen LogP) is 4.09. The van der Waals surface area contributed by atoms with Crippen LogP contribution in [-0.2, 0) is 12.7 Å². The van der Waals surface area contributed by atoms with Gasteiger partial charge in [0.05, 0.1) is 23.4 Å². The van der Waals surface area contributed by atoms with E-state index in [0.717, 1.165) is 44.0 Å². The van der Waals surface area contributed by atoms with Crippen LogP contribution in [0.25, 0.3) is 11.3 Å². The molecular formula is C23H25F3N4O3S. The molecule has 1 saturated heterocycles. The molecule has 4 rings (SSSR count). The highest BCUT2D eigenvalue weighted by Crippen LogP contribution is 2.33. The Morgan fingerprint density at radius 2 is 1.94 bits per heavy atom. The Bertz CT molecular complexity index is 1140. The van der Waals surface area contributed by atoms with Crippen molar-refractivity contribution in [2.24, 2.45) is 0 Å². The number of nitrogens with one attached hydrogen (secondary N) is 1. The number of β-amino-alcohol motifs (C(OH)–C–C–N with tert-alkyl or cyclic N) is 1. The number of rotatable bonds is 7. The van der Waals surface area contributed by atoms with E-state index in [1.807, 2.05) is 5.38 Å². The number of aliphatic hydroxyl groups excluding tert-OH is 1. The fourth-order valence-electron chi connectivity index (χ4n) is 3.84. The van der Waals surface area contributed by atoms with Crippen molar-refractivity contribution < 1.29 is 27.5 Å². The van der Waals surface area contributed by atoms with Gasteiger partial charge in [0.1, 0.15) is 11.5 Å². The van der Waals surface area contributed by atoms with Gasteiger partial charge in [-0.2, -0.15) is 13.2 Å². The van der Waals surface area contributed by atoms with E-state index in [9.17, 15) is 18.0 Å². The fraction of sp³-hybridized carbons (Fsp3) is 0.391. The minimum absolute atomic E-state index is 0.159. The van der Waals surface area contributed by atoms with Crippen molar-refractivity contribution in [1.29, 1.82) is 0 Å². The van der Waals surface area contributed by atoms with Crippen molar-refractivity contribution >= 4 is 22.4 Å². The summed E-state index contributed by atoms with van der Waals surface area (Å²) in [6, 6.07) is 6.24. The van der Waals surface area contributed by atoms with Gasteiger partial charge in [0.25, 0.3) is 5.91 Å². The van der Waals surface area contributed by atoms with Crippen LogP contribution in [0.4, 0.5) is 18.3 Å². The largest absolute Gasteiger partial charge is 0.461 e. The van der Waals surface area contributed by atoms with Gasteiger partial charge in [-0.05, 0) is 25.1 Å². The summed E-state index contributed by atoms with van der Waals surface area (Å²) in [6.45, 7) is 6.65. The molecule has 0 spiro atoms. The van der Waals surface area contributed by atoms with Crippen LogP contribution >= 0.6 is 11.3 Å². The molecule has 0 bridgehead atoms. The summed E-state index contributed by atoms with van der Waals surface area (Å²) in [4.78, 5) is 21.8. The molecule has 2 aromatic heterocycles. The number of carbonyl (C=O) groups is 1. The summed E-state index contributed by atoms with van der Waals surface area (Å²) >= 11 is 1.31. The van der Waals surface area contributed by atoms with E-state index in [0.29, 0.717) is 24.0 Å². The lowest BCUT2D eigenvalue weighted by molar-refractivity contribution is -0.137.